The van der Waals surface area contributed by atoms with Crippen LogP contribution in [0.5, 0.6) is 5.75 Å². The van der Waals surface area contributed by atoms with Crippen molar-refractivity contribution in [1.82, 2.24) is 10.2 Å². The van der Waals surface area contributed by atoms with E-state index in [1.165, 1.54) is 4.90 Å². The molecule has 2 aromatic rings. The van der Waals surface area contributed by atoms with Crippen molar-refractivity contribution in [3.8, 4) is 5.75 Å². The minimum Gasteiger partial charge on any atom is -0.497 e. The Bertz CT molecular complexity index is 1090. The van der Waals surface area contributed by atoms with Crippen LogP contribution in [0.2, 0.25) is 16.6 Å². The van der Waals surface area contributed by atoms with E-state index in [2.05, 4.69) is 46.9 Å². The zero-order valence-electron chi connectivity index (χ0n) is 23.3. The van der Waals surface area contributed by atoms with Gasteiger partial charge in [-0.15, -0.1) is 0 Å². The molecule has 0 aliphatic carbocycles. The molecule has 0 saturated carbocycles. The van der Waals surface area contributed by atoms with E-state index in [0.29, 0.717) is 22.4 Å². The monoisotopic (exact) mass is 540 g/mol. The van der Waals surface area contributed by atoms with Gasteiger partial charge in [0.1, 0.15) is 24.5 Å². The Labute approximate surface area is 226 Å². The quantitative estimate of drug-likeness (QED) is 0.397. The molecule has 1 N–H and O–H groups in total. The average Bonchev–Trinajstić information content (AvgIpc) is 3.27. The summed E-state index contributed by atoms with van der Waals surface area (Å²) >= 11 is 0. The summed E-state index contributed by atoms with van der Waals surface area (Å²) in [6.07, 6.45) is -2.25. The van der Waals surface area contributed by atoms with Gasteiger partial charge in [-0.25, -0.2) is 4.79 Å². The molecule has 0 spiro atoms. The number of nitrogens with one attached hydrogen (secondary N) is 1. The second kappa shape index (κ2) is 11.5. The Morgan fingerprint density at radius 2 is 1.50 bits per heavy atom. The van der Waals surface area contributed by atoms with Gasteiger partial charge in [-0.05, 0) is 39.9 Å². The number of rotatable bonds is 9. The smallest absolute Gasteiger partial charge is 0.411 e. The molecular formula is C29H40N2O6Si. The molecule has 2 amide bonds. The van der Waals surface area contributed by atoms with Gasteiger partial charge in [0.15, 0.2) is 0 Å². The van der Waals surface area contributed by atoms with Crippen LogP contribution in [0, 0.1) is 0 Å². The molecule has 2 unspecified atom stereocenters. The van der Waals surface area contributed by atoms with Gasteiger partial charge in [-0.1, -0.05) is 84.0 Å². The fourth-order valence-electron chi connectivity index (χ4n) is 6.23. The van der Waals surface area contributed by atoms with Crippen LogP contribution in [0.1, 0.15) is 64.8 Å². The average molecular weight is 541 g/mol. The summed E-state index contributed by atoms with van der Waals surface area (Å²) < 4.78 is 24.2. The lowest BCUT2D eigenvalue weighted by molar-refractivity contribution is -0.198. The predicted molar refractivity (Wildman–Crippen MR) is 147 cm³/mol. The predicted octanol–water partition coefficient (Wildman–Crippen LogP) is 5.92. The number of carbonyl (C=O) groups is 2. The number of methoxy groups -OCH3 is 1. The molecule has 8 nitrogen and oxygen atoms in total. The van der Waals surface area contributed by atoms with Crippen LogP contribution in [0.4, 0.5) is 4.79 Å². The number of hydrogen-bond donors (Lipinski definition) is 1. The molecule has 4 rings (SSSR count). The summed E-state index contributed by atoms with van der Waals surface area (Å²) in [5.41, 5.74) is 2.55. The third-order valence-electron chi connectivity index (χ3n) is 7.94. The number of carbonyl (C=O) groups excluding carboxylic acids is 2. The first-order chi connectivity index (χ1) is 18.1. The van der Waals surface area contributed by atoms with Crippen molar-refractivity contribution in [2.24, 2.45) is 0 Å². The molecule has 206 valence electrons. The van der Waals surface area contributed by atoms with E-state index in [-0.39, 0.29) is 12.5 Å². The molecule has 0 radical (unpaired) electrons. The zero-order valence-corrected chi connectivity index (χ0v) is 24.3. The third kappa shape index (κ3) is 5.19. The van der Waals surface area contributed by atoms with E-state index in [9.17, 15) is 9.59 Å². The molecular weight excluding hydrogens is 500 g/mol. The Hall–Kier alpha value is -2.88. The number of nitrogens with zero attached hydrogens (tertiary/aromatic N) is 1. The maximum Gasteiger partial charge on any atom is 0.411 e. The van der Waals surface area contributed by atoms with Crippen LogP contribution in [0.25, 0.3) is 0 Å². The van der Waals surface area contributed by atoms with E-state index in [1.54, 1.807) is 7.11 Å². The highest BCUT2D eigenvalue weighted by Crippen LogP contribution is 2.45. The van der Waals surface area contributed by atoms with Crippen LogP contribution in [-0.4, -0.2) is 51.4 Å². The number of cyclic esters (lactones) is 1. The largest absolute Gasteiger partial charge is 0.497 e. The maximum atomic E-state index is 13.9. The number of benzene rings is 2. The second-order valence-electron chi connectivity index (χ2n) is 11.0. The maximum absolute atomic E-state index is 13.9. The van der Waals surface area contributed by atoms with Crippen molar-refractivity contribution >= 4 is 20.3 Å². The summed E-state index contributed by atoms with van der Waals surface area (Å²) in [5.74, 6) is 0.355. The van der Waals surface area contributed by atoms with Gasteiger partial charge in [0, 0.05) is 0 Å². The van der Waals surface area contributed by atoms with Gasteiger partial charge in [0.25, 0.3) is 0 Å². The molecule has 0 aromatic heterocycles. The van der Waals surface area contributed by atoms with Gasteiger partial charge in [-0.3, -0.25) is 9.69 Å². The number of hydrogen-bond acceptors (Lipinski definition) is 6. The highest BCUT2D eigenvalue weighted by atomic mass is 28.4. The minimum atomic E-state index is -2.39. The molecule has 4 atom stereocenters. The van der Waals surface area contributed by atoms with Gasteiger partial charge >= 0.3 is 6.09 Å². The summed E-state index contributed by atoms with van der Waals surface area (Å²) in [6.45, 7) is 13.3. The van der Waals surface area contributed by atoms with E-state index in [1.807, 2.05) is 54.6 Å². The van der Waals surface area contributed by atoms with E-state index in [4.69, 9.17) is 18.6 Å². The lowest BCUT2D eigenvalue weighted by atomic mass is 9.96. The topological polar surface area (TPSA) is 86.3 Å². The standard InChI is InChI=1S/C29H40N2O6Si/c1-18(2)38(19(3)4,20(5)6)37-28-30-27(32)25(26(36-28)22-13-15-23(34-7)16-14-22)31-24(17-35-29(31)33)21-11-9-8-10-12-21/h8-16,18-20,24-26,28H,17H2,1-7H3,(H,30,32)/t24-,25?,26?,28-/m1/s1. The van der Waals surface area contributed by atoms with Crippen molar-refractivity contribution in [3.63, 3.8) is 0 Å². The van der Waals surface area contributed by atoms with Gasteiger partial charge in [0.05, 0.1) is 13.2 Å². The van der Waals surface area contributed by atoms with Crippen LogP contribution in [0.15, 0.2) is 54.6 Å². The molecule has 0 bridgehead atoms. The Kier molecular flexibility index (Phi) is 8.49. The first-order valence-corrected chi connectivity index (χ1v) is 15.5. The van der Waals surface area contributed by atoms with Crippen molar-refractivity contribution in [1.29, 1.82) is 0 Å². The van der Waals surface area contributed by atoms with E-state index < -0.39 is 39.0 Å². The van der Waals surface area contributed by atoms with Crippen molar-refractivity contribution < 1.29 is 28.2 Å². The van der Waals surface area contributed by atoms with Gasteiger partial charge in [-0.2, -0.15) is 0 Å². The molecule has 38 heavy (non-hydrogen) atoms. The highest BCUT2D eigenvalue weighted by Gasteiger charge is 2.53. The number of ether oxygens (including phenoxy) is 3. The molecule has 2 aliphatic heterocycles. The SMILES string of the molecule is COc1ccc(C2O[C@H](O[Si](C(C)C)(C(C)C)C(C)C)NC(=O)C2N2C(=O)OC[C@@H]2c2ccccc2)cc1. The number of amides is 2. The molecule has 9 heteroatoms. The van der Waals surface area contributed by atoms with Crippen LogP contribution < -0.4 is 10.1 Å². The Morgan fingerprint density at radius 3 is 2.05 bits per heavy atom. The lowest BCUT2D eigenvalue weighted by Gasteiger charge is -2.47. The highest BCUT2D eigenvalue weighted by molar-refractivity contribution is 6.77. The molecule has 2 aromatic carbocycles. The Balaban J connectivity index is 1.73. The summed E-state index contributed by atoms with van der Waals surface area (Å²) in [7, 11) is -0.786. The van der Waals surface area contributed by atoms with Gasteiger partial charge < -0.3 is 24.0 Å². The zero-order chi connectivity index (χ0) is 27.6. The Morgan fingerprint density at radius 1 is 0.895 bits per heavy atom. The first kappa shape index (κ1) is 28.1. The van der Waals surface area contributed by atoms with E-state index in [0.717, 1.165) is 11.1 Å². The third-order valence-corrected chi connectivity index (χ3v) is 14.0. The molecule has 2 saturated heterocycles. The second-order valence-corrected chi connectivity index (χ2v) is 16.4. The molecule has 2 fully saturated rings. The fraction of sp³-hybridized carbons (Fsp3) is 0.517. The summed E-state index contributed by atoms with van der Waals surface area (Å²) in [4.78, 5) is 28.5. The lowest BCUT2D eigenvalue weighted by Crippen LogP contribution is -2.63. The van der Waals surface area contributed by atoms with Crippen LogP contribution in [-0.2, 0) is 18.7 Å². The molecule has 2 heterocycles. The van der Waals surface area contributed by atoms with Crippen molar-refractivity contribution in [2.75, 3.05) is 13.7 Å². The van der Waals surface area contributed by atoms with Crippen LogP contribution in [0.3, 0.4) is 0 Å². The first-order valence-electron chi connectivity index (χ1n) is 13.4. The van der Waals surface area contributed by atoms with Crippen LogP contribution >= 0.6 is 0 Å². The fourth-order valence-corrected chi connectivity index (χ4v) is 11.5. The normalized spacial score (nSPS) is 24.2. The minimum absolute atomic E-state index is 0.159. The van der Waals surface area contributed by atoms with Crippen molar-refractivity contribution in [3.05, 3.63) is 65.7 Å². The van der Waals surface area contributed by atoms with Gasteiger partial charge in [0.2, 0.25) is 20.6 Å². The summed E-state index contributed by atoms with van der Waals surface area (Å²) in [5, 5.41) is 2.96. The summed E-state index contributed by atoms with van der Waals surface area (Å²) in [6, 6.07) is 15.6. The van der Waals surface area contributed by atoms with Crippen molar-refractivity contribution in [2.45, 2.75) is 82.8 Å². The van der Waals surface area contributed by atoms with E-state index >= 15 is 0 Å². The molecule has 2 aliphatic rings.